The first kappa shape index (κ1) is 21.1. The Morgan fingerprint density at radius 1 is 0.880 bits per heavy atom. The number of halogens is 2. The molecule has 0 aliphatic heterocycles. The van der Waals surface area contributed by atoms with Crippen molar-refractivity contribution >= 4 is 11.9 Å². The quantitative estimate of drug-likeness (QED) is 0.403. The fourth-order valence-corrected chi connectivity index (χ4v) is 2.36. The monoisotopic (exact) mass is 356 g/mol. The van der Waals surface area contributed by atoms with Gasteiger partial charge in [-0.05, 0) is 38.0 Å². The first-order valence-electron chi connectivity index (χ1n) is 8.78. The Labute approximate surface area is 147 Å². The number of hydrogen-bond acceptors (Lipinski definition) is 4. The van der Waals surface area contributed by atoms with E-state index < -0.39 is 17.6 Å². The molecular weight excluding hydrogens is 330 g/mol. The molecule has 0 saturated carbocycles. The van der Waals surface area contributed by atoms with Crippen LogP contribution in [0, 0.1) is 11.6 Å². The van der Waals surface area contributed by atoms with E-state index in [1.54, 1.807) is 6.92 Å². The Balaban J connectivity index is 2.02. The van der Waals surface area contributed by atoms with Crippen LogP contribution in [0.25, 0.3) is 0 Å². The molecule has 1 rings (SSSR count). The van der Waals surface area contributed by atoms with Gasteiger partial charge in [0.2, 0.25) is 0 Å². The van der Waals surface area contributed by atoms with Crippen molar-refractivity contribution in [2.75, 3.05) is 6.61 Å². The van der Waals surface area contributed by atoms with Gasteiger partial charge in [0.05, 0.1) is 6.61 Å². The predicted molar refractivity (Wildman–Crippen MR) is 89.7 cm³/mol. The fourth-order valence-electron chi connectivity index (χ4n) is 2.36. The Bertz CT molecular complexity index is 546. The van der Waals surface area contributed by atoms with Crippen LogP contribution in [-0.4, -0.2) is 18.5 Å². The van der Waals surface area contributed by atoms with E-state index in [9.17, 15) is 18.4 Å². The Morgan fingerprint density at radius 3 is 2.04 bits per heavy atom. The van der Waals surface area contributed by atoms with Crippen LogP contribution in [0.4, 0.5) is 8.78 Å². The average Bonchev–Trinajstić information content (AvgIpc) is 2.58. The lowest BCUT2D eigenvalue weighted by Crippen LogP contribution is -2.05. The van der Waals surface area contributed by atoms with E-state index in [2.05, 4.69) is 0 Å². The molecule has 0 bridgehead atoms. The first-order valence-corrected chi connectivity index (χ1v) is 8.78. The van der Waals surface area contributed by atoms with Gasteiger partial charge in [-0.1, -0.05) is 25.7 Å². The molecule has 0 spiro atoms. The molecule has 0 saturated heterocycles. The number of hydrogen-bond donors (Lipinski definition) is 0. The summed E-state index contributed by atoms with van der Waals surface area (Å²) in [5.41, 5.74) is 0.0370. The van der Waals surface area contributed by atoms with E-state index >= 15 is 0 Å². The van der Waals surface area contributed by atoms with Crippen molar-refractivity contribution in [1.82, 2.24) is 0 Å². The van der Waals surface area contributed by atoms with Gasteiger partial charge in [0.15, 0.2) is 0 Å². The van der Waals surface area contributed by atoms with Gasteiger partial charge in [-0.3, -0.25) is 9.59 Å². The van der Waals surface area contributed by atoms with E-state index in [1.165, 1.54) is 0 Å². The van der Waals surface area contributed by atoms with E-state index in [-0.39, 0.29) is 24.6 Å². The van der Waals surface area contributed by atoms with Gasteiger partial charge in [-0.25, -0.2) is 8.78 Å². The van der Waals surface area contributed by atoms with Crippen LogP contribution in [0.15, 0.2) is 18.2 Å². The summed E-state index contributed by atoms with van der Waals surface area (Å²) in [4.78, 5) is 22.7. The van der Waals surface area contributed by atoms with Crippen molar-refractivity contribution in [1.29, 1.82) is 0 Å². The highest BCUT2D eigenvalue weighted by molar-refractivity contribution is 5.69. The second-order valence-electron chi connectivity index (χ2n) is 5.82. The van der Waals surface area contributed by atoms with Crippen molar-refractivity contribution in [3.8, 4) is 0 Å². The lowest BCUT2D eigenvalue weighted by atomic mass is 10.1. The van der Waals surface area contributed by atoms with Gasteiger partial charge in [0.25, 0.3) is 0 Å². The molecule has 0 amide bonds. The fraction of sp³-hybridized carbons (Fsp3) is 0.579. The van der Waals surface area contributed by atoms with Crippen LogP contribution >= 0.6 is 0 Å². The zero-order valence-electron chi connectivity index (χ0n) is 14.7. The van der Waals surface area contributed by atoms with Crippen molar-refractivity contribution in [3.63, 3.8) is 0 Å². The highest BCUT2D eigenvalue weighted by Gasteiger charge is 2.08. The van der Waals surface area contributed by atoms with E-state index in [0.717, 1.165) is 50.3 Å². The minimum absolute atomic E-state index is 0.0370. The topological polar surface area (TPSA) is 52.6 Å². The molecule has 140 valence electrons. The molecule has 0 atom stereocenters. The van der Waals surface area contributed by atoms with Gasteiger partial charge in [-0.2, -0.15) is 0 Å². The molecular formula is C19H26F2O4. The van der Waals surface area contributed by atoms with Gasteiger partial charge in [0.1, 0.15) is 18.2 Å². The molecule has 0 unspecified atom stereocenters. The van der Waals surface area contributed by atoms with E-state index in [1.807, 2.05) is 0 Å². The highest BCUT2D eigenvalue weighted by atomic mass is 19.1. The summed E-state index contributed by atoms with van der Waals surface area (Å²) in [7, 11) is 0. The van der Waals surface area contributed by atoms with Crippen LogP contribution in [0.2, 0.25) is 0 Å². The minimum atomic E-state index is -0.586. The van der Waals surface area contributed by atoms with Gasteiger partial charge < -0.3 is 9.47 Å². The summed E-state index contributed by atoms with van der Waals surface area (Å²) in [6.07, 6.45) is 6.07. The number of unbranched alkanes of at least 4 members (excludes halogenated alkanes) is 5. The maximum absolute atomic E-state index is 13.4. The standard InChI is InChI=1S/C19H26F2O4/c1-2-24-18(22)9-7-5-3-4-6-8-10-19(23)25-14-15-13-16(20)11-12-17(15)21/h11-13H,2-10,14H2,1H3. The Morgan fingerprint density at radius 2 is 1.44 bits per heavy atom. The maximum atomic E-state index is 13.4. The number of carbonyl (C=O) groups is 2. The summed E-state index contributed by atoms with van der Waals surface area (Å²) in [5.74, 6) is -1.71. The zero-order chi connectivity index (χ0) is 18.5. The number of rotatable bonds is 12. The largest absolute Gasteiger partial charge is 0.466 e. The molecule has 0 radical (unpaired) electrons. The van der Waals surface area contributed by atoms with Crippen molar-refractivity contribution in [2.24, 2.45) is 0 Å². The molecule has 1 aromatic carbocycles. The van der Waals surface area contributed by atoms with Crippen molar-refractivity contribution in [2.45, 2.75) is 64.9 Å². The zero-order valence-corrected chi connectivity index (χ0v) is 14.7. The van der Waals surface area contributed by atoms with Gasteiger partial charge in [0, 0.05) is 18.4 Å². The molecule has 0 aliphatic rings. The Kier molecular flexibility index (Phi) is 10.4. The summed E-state index contributed by atoms with van der Waals surface area (Å²) < 4.78 is 36.2. The van der Waals surface area contributed by atoms with Crippen molar-refractivity contribution < 1.29 is 27.8 Å². The number of esters is 2. The SMILES string of the molecule is CCOC(=O)CCCCCCCCC(=O)OCc1cc(F)ccc1F. The van der Waals surface area contributed by atoms with E-state index in [4.69, 9.17) is 9.47 Å². The third kappa shape index (κ3) is 9.79. The van der Waals surface area contributed by atoms with Crippen LogP contribution in [0.3, 0.4) is 0 Å². The average molecular weight is 356 g/mol. The summed E-state index contributed by atoms with van der Waals surface area (Å²) >= 11 is 0. The number of carbonyl (C=O) groups excluding carboxylic acids is 2. The van der Waals surface area contributed by atoms with Crippen LogP contribution in [-0.2, 0) is 25.7 Å². The second kappa shape index (κ2) is 12.4. The summed E-state index contributed by atoms with van der Waals surface area (Å²) in [6.45, 7) is 1.95. The van der Waals surface area contributed by atoms with Gasteiger partial charge in [-0.15, -0.1) is 0 Å². The van der Waals surface area contributed by atoms with Crippen LogP contribution in [0.5, 0.6) is 0 Å². The van der Waals surface area contributed by atoms with E-state index in [0.29, 0.717) is 19.4 Å². The molecule has 1 aromatic rings. The number of benzene rings is 1. The number of ether oxygens (including phenoxy) is 2. The maximum Gasteiger partial charge on any atom is 0.306 e. The van der Waals surface area contributed by atoms with Crippen LogP contribution < -0.4 is 0 Å². The molecule has 0 aromatic heterocycles. The van der Waals surface area contributed by atoms with Gasteiger partial charge >= 0.3 is 11.9 Å². The normalized spacial score (nSPS) is 10.5. The molecule has 0 heterocycles. The predicted octanol–water partition coefficient (Wildman–Crippen LogP) is 4.69. The molecule has 25 heavy (non-hydrogen) atoms. The molecule has 4 nitrogen and oxygen atoms in total. The molecule has 6 heteroatoms. The minimum Gasteiger partial charge on any atom is -0.466 e. The summed E-state index contributed by atoms with van der Waals surface area (Å²) in [6, 6.07) is 3.06. The highest BCUT2D eigenvalue weighted by Crippen LogP contribution is 2.13. The smallest absolute Gasteiger partial charge is 0.306 e. The summed E-state index contributed by atoms with van der Waals surface area (Å²) in [5, 5.41) is 0. The van der Waals surface area contributed by atoms with Crippen LogP contribution in [0.1, 0.15) is 63.9 Å². The Hall–Kier alpha value is -1.98. The molecule has 0 aliphatic carbocycles. The second-order valence-corrected chi connectivity index (χ2v) is 5.82. The molecule has 0 N–H and O–H groups in total. The third-order valence-corrected chi connectivity index (χ3v) is 3.71. The third-order valence-electron chi connectivity index (χ3n) is 3.71. The molecule has 0 fully saturated rings. The van der Waals surface area contributed by atoms with Crippen molar-refractivity contribution in [3.05, 3.63) is 35.4 Å². The first-order chi connectivity index (χ1) is 12.0. The lowest BCUT2D eigenvalue weighted by molar-refractivity contribution is -0.145. The lowest BCUT2D eigenvalue weighted by Gasteiger charge is -2.06.